The third kappa shape index (κ3) is 3.36. The highest BCUT2D eigenvalue weighted by atomic mass is 35.5. The molecule has 4 nitrogen and oxygen atoms in total. The smallest absolute Gasteiger partial charge is 0.339 e. The number of aromatic nitrogens is 1. The molecule has 0 bridgehead atoms. The van der Waals surface area contributed by atoms with Gasteiger partial charge in [-0.1, -0.05) is 23.2 Å². The van der Waals surface area contributed by atoms with Gasteiger partial charge >= 0.3 is 5.97 Å². The molecule has 98 valence electrons. The van der Waals surface area contributed by atoms with Gasteiger partial charge in [0.15, 0.2) is 5.75 Å². The summed E-state index contributed by atoms with van der Waals surface area (Å²) in [7, 11) is 0. The number of rotatable bonds is 4. The fraction of sp³-hybridized carbons (Fsp3) is 0.0769. The maximum absolute atomic E-state index is 11.0. The molecule has 0 aliphatic carbocycles. The fourth-order valence-electron chi connectivity index (χ4n) is 1.48. The minimum atomic E-state index is -1.07. The summed E-state index contributed by atoms with van der Waals surface area (Å²) in [5.74, 6) is -0.888. The zero-order valence-electron chi connectivity index (χ0n) is 9.64. The minimum absolute atomic E-state index is 0.0492. The highest BCUT2D eigenvalue weighted by molar-refractivity contribution is 6.33. The fourth-order valence-corrected chi connectivity index (χ4v) is 1.85. The monoisotopic (exact) mass is 297 g/mol. The van der Waals surface area contributed by atoms with Crippen LogP contribution in [0, 0.1) is 0 Å². The van der Waals surface area contributed by atoms with E-state index < -0.39 is 5.97 Å². The molecule has 0 atom stereocenters. The first kappa shape index (κ1) is 13.6. The summed E-state index contributed by atoms with van der Waals surface area (Å²) >= 11 is 11.9. The number of hydrogen-bond acceptors (Lipinski definition) is 3. The van der Waals surface area contributed by atoms with Crippen LogP contribution in [0.1, 0.15) is 15.9 Å². The van der Waals surface area contributed by atoms with E-state index in [9.17, 15) is 4.79 Å². The van der Waals surface area contributed by atoms with Crippen LogP contribution in [0.3, 0.4) is 0 Å². The molecule has 2 aromatic rings. The van der Waals surface area contributed by atoms with Crippen molar-refractivity contribution < 1.29 is 14.6 Å². The van der Waals surface area contributed by atoms with Crippen molar-refractivity contribution in [1.29, 1.82) is 0 Å². The quantitative estimate of drug-likeness (QED) is 0.935. The van der Waals surface area contributed by atoms with Gasteiger partial charge in [0.2, 0.25) is 0 Å². The van der Waals surface area contributed by atoms with Crippen molar-refractivity contribution in [1.82, 2.24) is 4.98 Å². The number of ether oxygens (including phenoxy) is 1. The Morgan fingerprint density at radius 3 is 2.84 bits per heavy atom. The van der Waals surface area contributed by atoms with Gasteiger partial charge in [0.25, 0.3) is 0 Å². The lowest BCUT2D eigenvalue weighted by Crippen LogP contribution is -2.04. The zero-order valence-corrected chi connectivity index (χ0v) is 11.1. The van der Waals surface area contributed by atoms with Gasteiger partial charge in [-0.2, -0.15) is 0 Å². The summed E-state index contributed by atoms with van der Waals surface area (Å²) in [6.07, 6.45) is 2.74. The molecule has 1 heterocycles. The molecule has 2 rings (SSSR count). The first-order chi connectivity index (χ1) is 9.08. The van der Waals surface area contributed by atoms with Crippen LogP contribution in [0.2, 0.25) is 10.0 Å². The molecule has 1 aromatic heterocycles. The van der Waals surface area contributed by atoms with E-state index in [0.717, 1.165) is 0 Å². The second kappa shape index (κ2) is 5.91. The number of pyridine rings is 1. The summed E-state index contributed by atoms with van der Waals surface area (Å²) in [6.45, 7) is 0.116. The van der Waals surface area contributed by atoms with Crippen molar-refractivity contribution >= 4 is 29.2 Å². The number of carboxylic acids is 1. The van der Waals surface area contributed by atoms with E-state index in [1.165, 1.54) is 18.5 Å². The Kier molecular flexibility index (Phi) is 4.24. The molecule has 19 heavy (non-hydrogen) atoms. The predicted molar refractivity (Wildman–Crippen MR) is 72.0 cm³/mol. The van der Waals surface area contributed by atoms with Gasteiger partial charge in [0, 0.05) is 21.8 Å². The summed E-state index contributed by atoms with van der Waals surface area (Å²) in [4.78, 5) is 14.8. The van der Waals surface area contributed by atoms with Crippen LogP contribution in [0.5, 0.6) is 5.75 Å². The van der Waals surface area contributed by atoms with Crippen molar-refractivity contribution in [2.45, 2.75) is 6.61 Å². The van der Waals surface area contributed by atoms with Crippen LogP contribution in [-0.2, 0) is 6.61 Å². The molecule has 0 aliphatic heterocycles. The number of hydrogen-bond donors (Lipinski definition) is 1. The van der Waals surface area contributed by atoms with Crippen molar-refractivity contribution in [3.05, 3.63) is 57.8 Å². The Bertz CT molecular complexity index is 617. The van der Waals surface area contributed by atoms with Crippen molar-refractivity contribution in [2.24, 2.45) is 0 Å². The largest absolute Gasteiger partial charge is 0.486 e. The molecule has 1 N–H and O–H groups in total. The molecule has 0 fully saturated rings. The number of aromatic carboxylic acids is 1. The highest BCUT2D eigenvalue weighted by Gasteiger charge is 2.11. The predicted octanol–water partition coefficient (Wildman–Crippen LogP) is 3.67. The lowest BCUT2D eigenvalue weighted by Gasteiger charge is -2.09. The van der Waals surface area contributed by atoms with Crippen molar-refractivity contribution in [3.8, 4) is 5.75 Å². The Labute approximate surface area is 119 Å². The Hall–Kier alpha value is -1.78. The molecule has 0 saturated carbocycles. The molecule has 0 aliphatic rings. The van der Waals surface area contributed by atoms with E-state index in [4.69, 9.17) is 33.0 Å². The number of nitrogens with zero attached hydrogens (tertiary/aromatic N) is 1. The van der Waals surface area contributed by atoms with Gasteiger partial charge in [-0.3, -0.25) is 4.98 Å². The molecule has 0 saturated heterocycles. The van der Waals surface area contributed by atoms with Gasteiger partial charge in [-0.05, 0) is 24.3 Å². The average molecular weight is 298 g/mol. The van der Waals surface area contributed by atoms with Crippen molar-refractivity contribution in [2.75, 3.05) is 0 Å². The topological polar surface area (TPSA) is 59.4 Å². The minimum Gasteiger partial charge on any atom is -0.486 e. The summed E-state index contributed by atoms with van der Waals surface area (Å²) in [5.41, 5.74) is 0.725. The maximum atomic E-state index is 11.0. The van der Waals surface area contributed by atoms with E-state index in [-0.39, 0.29) is 17.9 Å². The van der Waals surface area contributed by atoms with Gasteiger partial charge in [-0.15, -0.1) is 0 Å². The normalized spacial score (nSPS) is 10.2. The Morgan fingerprint density at radius 1 is 1.32 bits per heavy atom. The number of carbonyl (C=O) groups is 1. The first-order valence-electron chi connectivity index (χ1n) is 5.32. The van der Waals surface area contributed by atoms with Gasteiger partial charge in [0.05, 0.1) is 6.20 Å². The van der Waals surface area contributed by atoms with E-state index in [1.807, 2.05) is 0 Å². The van der Waals surface area contributed by atoms with Gasteiger partial charge in [0.1, 0.15) is 12.2 Å². The molecule has 1 aromatic carbocycles. The van der Waals surface area contributed by atoms with Gasteiger partial charge in [-0.25, -0.2) is 4.79 Å². The SMILES string of the molecule is O=C(O)c1ccncc1OCc1cc(Cl)ccc1Cl. The van der Waals surface area contributed by atoms with Crippen molar-refractivity contribution in [3.63, 3.8) is 0 Å². The van der Waals surface area contributed by atoms with Crippen LogP contribution in [-0.4, -0.2) is 16.1 Å². The lowest BCUT2D eigenvalue weighted by atomic mass is 10.2. The van der Waals surface area contributed by atoms with E-state index in [2.05, 4.69) is 4.98 Å². The second-order valence-electron chi connectivity index (χ2n) is 3.70. The Balaban J connectivity index is 2.19. The number of benzene rings is 1. The molecule has 0 unspecified atom stereocenters. The number of halogens is 2. The number of carboxylic acid groups (broad SMARTS) is 1. The van der Waals surface area contributed by atoms with Gasteiger partial charge < -0.3 is 9.84 Å². The van der Waals surface area contributed by atoms with E-state index in [1.54, 1.807) is 18.2 Å². The third-order valence-electron chi connectivity index (χ3n) is 2.41. The average Bonchev–Trinajstić information content (AvgIpc) is 2.40. The summed E-state index contributed by atoms with van der Waals surface area (Å²) in [5, 5.41) is 10.0. The first-order valence-corrected chi connectivity index (χ1v) is 6.07. The van der Waals surface area contributed by atoms with Crippen LogP contribution in [0.4, 0.5) is 0 Å². The molecular formula is C13H9Cl2NO3. The molecule has 6 heteroatoms. The standard InChI is InChI=1S/C13H9Cl2NO3/c14-9-1-2-11(15)8(5-9)7-19-12-6-16-4-3-10(12)13(17)18/h1-6H,7H2,(H,17,18). The second-order valence-corrected chi connectivity index (χ2v) is 4.55. The van der Waals surface area contributed by atoms with Crippen LogP contribution < -0.4 is 4.74 Å². The maximum Gasteiger partial charge on any atom is 0.339 e. The summed E-state index contributed by atoms with van der Waals surface area (Å²) < 4.78 is 5.43. The lowest BCUT2D eigenvalue weighted by molar-refractivity contribution is 0.0691. The molecular weight excluding hydrogens is 289 g/mol. The van der Waals surface area contributed by atoms with E-state index >= 15 is 0 Å². The zero-order chi connectivity index (χ0) is 13.8. The third-order valence-corrected chi connectivity index (χ3v) is 3.01. The van der Waals surface area contributed by atoms with Crippen LogP contribution >= 0.6 is 23.2 Å². The van der Waals surface area contributed by atoms with Crippen LogP contribution in [0.15, 0.2) is 36.7 Å². The van der Waals surface area contributed by atoms with E-state index in [0.29, 0.717) is 15.6 Å². The highest BCUT2D eigenvalue weighted by Crippen LogP contribution is 2.23. The summed E-state index contributed by atoms with van der Waals surface area (Å²) in [6, 6.07) is 6.36. The molecule has 0 spiro atoms. The molecule has 0 amide bonds. The Morgan fingerprint density at radius 2 is 2.11 bits per heavy atom. The van der Waals surface area contributed by atoms with Crippen LogP contribution in [0.25, 0.3) is 0 Å². The molecule has 0 radical (unpaired) electrons.